The summed E-state index contributed by atoms with van der Waals surface area (Å²) in [5.41, 5.74) is 3.21. The van der Waals surface area contributed by atoms with Crippen LogP contribution in [0.5, 0.6) is 11.5 Å². The minimum absolute atomic E-state index is 0.324. The summed E-state index contributed by atoms with van der Waals surface area (Å²) >= 11 is 0. The predicted molar refractivity (Wildman–Crippen MR) is 104 cm³/mol. The molecule has 0 saturated heterocycles. The third-order valence-electron chi connectivity index (χ3n) is 3.88. The second-order valence-electron chi connectivity index (χ2n) is 5.91. The molecule has 3 rings (SSSR count). The number of fused-ring (bicyclic) bond motifs is 1. The molecule has 1 heterocycles. The van der Waals surface area contributed by atoms with Gasteiger partial charge in [0.25, 0.3) is 0 Å². The molecule has 0 aliphatic rings. The highest BCUT2D eigenvalue weighted by Crippen LogP contribution is 2.17. The molecule has 0 radical (unpaired) electrons. The van der Waals surface area contributed by atoms with Gasteiger partial charge in [0.05, 0.1) is 29.0 Å². The fourth-order valence-corrected chi connectivity index (χ4v) is 2.62. The average Bonchev–Trinajstić information content (AvgIpc) is 2.79. The maximum Gasteiger partial charge on any atom is 0.151 e. The van der Waals surface area contributed by atoms with Crippen molar-refractivity contribution >= 4 is 11.0 Å². The van der Waals surface area contributed by atoms with Crippen LogP contribution >= 0.6 is 0 Å². The summed E-state index contributed by atoms with van der Waals surface area (Å²) in [5.74, 6) is 1.58. The number of aryl methyl sites for hydroxylation is 2. The minimum atomic E-state index is 0.324. The van der Waals surface area contributed by atoms with Crippen LogP contribution in [-0.4, -0.2) is 29.8 Å². The Morgan fingerprint density at radius 2 is 1.33 bits per heavy atom. The van der Waals surface area contributed by atoms with E-state index in [1.165, 1.54) is 0 Å². The number of nitrogens with zero attached hydrogens (tertiary/aromatic N) is 3. The molecule has 0 spiro atoms. The van der Waals surface area contributed by atoms with E-state index in [9.17, 15) is 0 Å². The fraction of sp³-hybridized carbons (Fsp3) is 0.286. The predicted octanol–water partition coefficient (Wildman–Crippen LogP) is 3.56. The van der Waals surface area contributed by atoms with Gasteiger partial charge in [0.1, 0.15) is 23.5 Å². The van der Waals surface area contributed by atoms with E-state index < -0.39 is 0 Å². The van der Waals surface area contributed by atoms with E-state index in [-0.39, 0.29) is 0 Å². The molecular formula is C21H23N3O3. The first-order valence-corrected chi connectivity index (χ1v) is 8.93. The van der Waals surface area contributed by atoms with E-state index in [0.717, 1.165) is 33.9 Å². The number of hydrogen-bond donors (Lipinski definition) is 0. The van der Waals surface area contributed by atoms with E-state index in [0.29, 0.717) is 25.2 Å². The normalized spacial score (nSPS) is 10.5. The van der Waals surface area contributed by atoms with Gasteiger partial charge >= 0.3 is 0 Å². The van der Waals surface area contributed by atoms with Crippen LogP contribution in [0.4, 0.5) is 0 Å². The fourth-order valence-electron chi connectivity index (χ4n) is 2.62. The first-order valence-electron chi connectivity index (χ1n) is 8.93. The third-order valence-corrected chi connectivity index (χ3v) is 3.88. The van der Waals surface area contributed by atoms with Crippen LogP contribution in [0.3, 0.4) is 0 Å². The van der Waals surface area contributed by atoms with Gasteiger partial charge in [-0.2, -0.15) is 0 Å². The van der Waals surface area contributed by atoms with Crippen molar-refractivity contribution in [3.63, 3.8) is 0 Å². The molecule has 6 heteroatoms. The maximum absolute atomic E-state index is 5.65. The van der Waals surface area contributed by atoms with Gasteiger partial charge in [-0.3, -0.25) is 0 Å². The quantitative estimate of drug-likeness (QED) is 0.473. The molecule has 0 amide bonds. The molecule has 0 aliphatic carbocycles. The Hall–Kier alpha value is -3.15. The van der Waals surface area contributed by atoms with Crippen molar-refractivity contribution in [1.82, 2.24) is 9.97 Å². The molecule has 0 aliphatic heterocycles. The van der Waals surface area contributed by atoms with Crippen LogP contribution in [0, 0.1) is 13.8 Å². The van der Waals surface area contributed by atoms with Crippen LogP contribution in [0.2, 0.25) is 0 Å². The van der Waals surface area contributed by atoms with E-state index in [2.05, 4.69) is 15.1 Å². The van der Waals surface area contributed by atoms with Crippen LogP contribution < -0.4 is 14.8 Å². The van der Waals surface area contributed by atoms with E-state index in [4.69, 9.17) is 14.3 Å². The summed E-state index contributed by atoms with van der Waals surface area (Å²) in [7, 11) is 0. The lowest BCUT2D eigenvalue weighted by Crippen LogP contribution is -2.13. The number of para-hydroxylation sites is 2. The highest BCUT2D eigenvalue weighted by molar-refractivity contribution is 5.73. The lowest BCUT2D eigenvalue weighted by atomic mass is 10.3. The summed E-state index contributed by atoms with van der Waals surface area (Å²) < 4.78 is 11.1. The second-order valence-corrected chi connectivity index (χ2v) is 5.91. The summed E-state index contributed by atoms with van der Waals surface area (Å²) in [6.45, 7) is 7.11. The molecule has 0 saturated carbocycles. The summed E-state index contributed by atoms with van der Waals surface area (Å²) in [4.78, 5) is 14.6. The van der Waals surface area contributed by atoms with Crippen molar-refractivity contribution in [3.05, 3.63) is 65.3 Å². The Balaban J connectivity index is 1.63. The van der Waals surface area contributed by atoms with Gasteiger partial charge in [-0.25, -0.2) is 9.97 Å². The molecule has 0 fully saturated rings. The SMILES string of the molecule is CCOc1ccc(OCCON=c2c(C)nc3ccccc3nc2C)cc1. The summed E-state index contributed by atoms with van der Waals surface area (Å²) in [6.07, 6.45) is 0. The Morgan fingerprint density at radius 3 is 1.89 bits per heavy atom. The lowest BCUT2D eigenvalue weighted by Gasteiger charge is -2.07. The largest absolute Gasteiger partial charge is 0.494 e. The summed E-state index contributed by atoms with van der Waals surface area (Å²) in [5, 5.41) is 4.86. The highest BCUT2D eigenvalue weighted by atomic mass is 16.6. The number of hydrogen-bond acceptors (Lipinski definition) is 6. The topological polar surface area (TPSA) is 65.8 Å². The number of benzene rings is 2. The summed E-state index contributed by atoms with van der Waals surface area (Å²) in [6, 6.07) is 15.2. The second kappa shape index (κ2) is 8.98. The molecule has 27 heavy (non-hydrogen) atoms. The van der Waals surface area contributed by atoms with Gasteiger partial charge in [-0.15, -0.1) is 0 Å². The van der Waals surface area contributed by atoms with Gasteiger partial charge in [-0.1, -0.05) is 17.3 Å². The Morgan fingerprint density at radius 1 is 0.778 bits per heavy atom. The standard InChI is InChI=1S/C21H23N3O3/c1-4-25-17-9-11-18(12-10-17)26-13-14-27-24-21-15(2)22-19-7-5-6-8-20(19)23-16(21)3/h5-12H,4,13-14H2,1-3H3. The Bertz CT molecular complexity index is 925. The molecule has 0 atom stereocenters. The van der Waals surface area contributed by atoms with Crippen molar-refractivity contribution in [2.45, 2.75) is 20.8 Å². The van der Waals surface area contributed by atoms with E-state index in [1.54, 1.807) is 0 Å². The highest BCUT2D eigenvalue weighted by Gasteiger charge is 2.02. The van der Waals surface area contributed by atoms with Gasteiger partial charge in [0.2, 0.25) is 0 Å². The molecule has 0 bridgehead atoms. The molecule has 3 aromatic rings. The zero-order chi connectivity index (χ0) is 19.1. The number of ether oxygens (including phenoxy) is 2. The first-order chi connectivity index (χ1) is 13.2. The zero-order valence-electron chi connectivity index (χ0n) is 15.8. The van der Waals surface area contributed by atoms with Crippen molar-refractivity contribution in [3.8, 4) is 11.5 Å². The van der Waals surface area contributed by atoms with Crippen LogP contribution in [-0.2, 0) is 4.84 Å². The first kappa shape index (κ1) is 18.6. The molecule has 0 N–H and O–H groups in total. The lowest BCUT2D eigenvalue weighted by molar-refractivity contribution is 0.0983. The third kappa shape index (κ3) is 4.94. The van der Waals surface area contributed by atoms with E-state index in [1.807, 2.05) is 69.3 Å². The average molecular weight is 365 g/mol. The van der Waals surface area contributed by atoms with Crippen LogP contribution in [0.15, 0.2) is 53.7 Å². The van der Waals surface area contributed by atoms with Gasteiger partial charge in [0, 0.05) is 0 Å². The number of rotatable bonds is 7. The molecule has 140 valence electrons. The number of aromatic nitrogens is 2. The maximum atomic E-state index is 5.65. The van der Waals surface area contributed by atoms with Crippen molar-refractivity contribution in [2.75, 3.05) is 19.8 Å². The Labute approximate surface area is 158 Å². The van der Waals surface area contributed by atoms with Crippen molar-refractivity contribution < 1.29 is 14.3 Å². The molecule has 1 aromatic heterocycles. The van der Waals surface area contributed by atoms with Crippen molar-refractivity contribution in [1.29, 1.82) is 0 Å². The zero-order valence-corrected chi connectivity index (χ0v) is 15.8. The monoisotopic (exact) mass is 365 g/mol. The molecule has 6 nitrogen and oxygen atoms in total. The van der Waals surface area contributed by atoms with Crippen molar-refractivity contribution in [2.24, 2.45) is 5.16 Å². The van der Waals surface area contributed by atoms with Gasteiger partial charge in [0.15, 0.2) is 6.61 Å². The van der Waals surface area contributed by atoms with E-state index >= 15 is 0 Å². The van der Waals surface area contributed by atoms with Gasteiger partial charge < -0.3 is 14.3 Å². The van der Waals surface area contributed by atoms with Gasteiger partial charge in [-0.05, 0) is 57.2 Å². The molecule has 2 aromatic carbocycles. The smallest absolute Gasteiger partial charge is 0.151 e. The van der Waals surface area contributed by atoms with Crippen LogP contribution in [0.25, 0.3) is 11.0 Å². The Kier molecular flexibility index (Phi) is 6.20. The van der Waals surface area contributed by atoms with Crippen LogP contribution in [0.1, 0.15) is 18.3 Å². The minimum Gasteiger partial charge on any atom is -0.494 e. The molecule has 0 unspecified atom stereocenters. The molecular weight excluding hydrogens is 342 g/mol.